The summed E-state index contributed by atoms with van der Waals surface area (Å²) in [5.41, 5.74) is 0. The van der Waals surface area contributed by atoms with E-state index in [0.717, 1.165) is 0 Å². The lowest BCUT2D eigenvalue weighted by Gasteiger charge is -2.42. The zero-order valence-corrected chi connectivity index (χ0v) is 15.6. The van der Waals surface area contributed by atoms with Crippen molar-refractivity contribution in [2.24, 2.45) is 5.92 Å². The van der Waals surface area contributed by atoms with Crippen LogP contribution >= 0.6 is 0 Å². The lowest BCUT2D eigenvalue weighted by atomic mass is 9.91. The molecule has 2 aliphatic rings. The van der Waals surface area contributed by atoms with Crippen LogP contribution in [0, 0.1) is 5.92 Å². The van der Waals surface area contributed by atoms with Crippen molar-refractivity contribution in [2.45, 2.75) is 48.6 Å². The maximum atomic E-state index is 14.9. The molecule has 0 saturated carbocycles. The Balaban J connectivity index is 2.36. The molecule has 0 aromatic rings. The topological polar surface area (TPSA) is 52.8 Å². The molecule has 190 valence electrons. The molecule has 32 heavy (non-hydrogen) atoms. The smallest absolute Gasteiger partial charge is 0.376 e. The van der Waals surface area contributed by atoms with E-state index in [-0.39, 0.29) is 26.4 Å². The number of rotatable bonds is 12. The highest BCUT2D eigenvalue weighted by Crippen LogP contribution is 2.58. The largest absolute Gasteiger partial charge is 0.459 e. The summed E-state index contributed by atoms with van der Waals surface area (Å²) in [6.07, 6.45) is -24.6. The molecule has 2 rings (SSSR count). The van der Waals surface area contributed by atoms with E-state index in [1.165, 1.54) is 0 Å². The predicted octanol–water partition coefficient (Wildman–Crippen LogP) is 3.81. The lowest BCUT2D eigenvalue weighted by molar-refractivity contribution is -0.454. The van der Waals surface area contributed by atoms with Crippen molar-refractivity contribution < 1.29 is 76.4 Å². The van der Waals surface area contributed by atoms with Gasteiger partial charge in [0, 0.05) is 0 Å². The monoisotopic (exact) mass is 504 g/mol. The first-order chi connectivity index (χ1) is 14.4. The van der Waals surface area contributed by atoms with Crippen molar-refractivity contribution in [1.29, 1.82) is 0 Å². The Morgan fingerprint density at radius 3 is 1.34 bits per heavy atom. The first-order valence-electron chi connectivity index (χ1n) is 8.73. The standard InChI is InChI=1S/C15H16F12O5/c16-11(14(23,24)15(25,26)27,10(12(17,18)19)13(20,21)22)32-9(3-28-1-7-5-30-7)4-29-2-8-6-31-8/h7-10H,1-6H2. The Bertz CT molecular complexity index is 581. The molecule has 5 nitrogen and oxygen atoms in total. The van der Waals surface area contributed by atoms with Crippen LogP contribution in [0.2, 0.25) is 0 Å². The van der Waals surface area contributed by atoms with Crippen LogP contribution in [0.15, 0.2) is 0 Å². The van der Waals surface area contributed by atoms with Gasteiger partial charge in [-0.25, -0.2) is 4.39 Å². The van der Waals surface area contributed by atoms with Gasteiger partial charge in [-0.1, -0.05) is 0 Å². The van der Waals surface area contributed by atoms with Crippen molar-refractivity contribution in [3.8, 4) is 0 Å². The van der Waals surface area contributed by atoms with Gasteiger partial charge in [-0.3, -0.25) is 0 Å². The van der Waals surface area contributed by atoms with E-state index in [1.54, 1.807) is 0 Å². The van der Waals surface area contributed by atoms with Crippen LogP contribution in [0.3, 0.4) is 0 Å². The first-order valence-corrected chi connectivity index (χ1v) is 8.73. The second-order valence-electron chi connectivity index (χ2n) is 6.96. The van der Waals surface area contributed by atoms with Gasteiger partial charge < -0.3 is 23.7 Å². The molecule has 2 saturated heterocycles. The number of hydrogen-bond donors (Lipinski definition) is 0. The summed E-state index contributed by atoms with van der Waals surface area (Å²) in [5, 5.41) is 0. The number of halogens is 12. The van der Waals surface area contributed by atoms with Gasteiger partial charge >= 0.3 is 30.3 Å². The molecule has 0 spiro atoms. The predicted molar refractivity (Wildman–Crippen MR) is 76.4 cm³/mol. The SMILES string of the molecule is FC(F)(F)C(C(F)(F)F)C(F)(OC(COCC1CO1)COCC1CO1)C(F)(F)C(F)(F)F. The van der Waals surface area contributed by atoms with Crippen molar-refractivity contribution >= 4 is 0 Å². The zero-order valence-electron chi connectivity index (χ0n) is 15.6. The average Bonchev–Trinajstić information content (AvgIpc) is 3.45. The van der Waals surface area contributed by atoms with Crippen molar-refractivity contribution in [2.75, 3.05) is 39.6 Å². The fourth-order valence-corrected chi connectivity index (χ4v) is 2.47. The van der Waals surface area contributed by atoms with Crippen molar-refractivity contribution in [1.82, 2.24) is 0 Å². The summed E-state index contributed by atoms with van der Waals surface area (Å²) < 4.78 is 181. The highest BCUT2D eigenvalue weighted by atomic mass is 19.4. The molecule has 0 bridgehead atoms. The van der Waals surface area contributed by atoms with Crippen molar-refractivity contribution in [3.63, 3.8) is 0 Å². The van der Waals surface area contributed by atoms with Gasteiger partial charge in [0.2, 0.25) is 5.92 Å². The number of ether oxygens (including phenoxy) is 5. The minimum absolute atomic E-state index is 0.157. The summed E-state index contributed by atoms with van der Waals surface area (Å²) in [4.78, 5) is 0. The fraction of sp³-hybridized carbons (Fsp3) is 1.00. The lowest BCUT2D eigenvalue weighted by Crippen LogP contribution is -2.67. The molecule has 0 aliphatic carbocycles. The highest BCUT2D eigenvalue weighted by molar-refractivity contribution is 5.02. The van der Waals surface area contributed by atoms with Crippen molar-refractivity contribution in [3.05, 3.63) is 0 Å². The molecule has 0 amide bonds. The van der Waals surface area contributed by atoms with Crippen LogP contribution in [0.25, 0.3) is 0 Å². The maximum absolute atomic E-state index is 14.9. The zero-order chi connectivity index (χ0) is 24.6. The van der Waals surface area contributed by atoms with E-state index in [2.05, 4.69) is 14.2 Å². The van der Waals surface area contributed by atoms with Crippen LogP contribution < -0.4 is 0 Å². The Morgan fingerprint density at radius 1 is 0.688 bits per heavy atom. The van der Waals surface area contributed by atoms with Gasteiger partial charge in [0.1, 0.15) is 18.3 Å². The third-order valence-corrected chi connectivity index (χ3v) is 4.17. The molecule has 2 heterocycles. The molecule has 0 aromatic heterocycles. The second-order valence-corrected chi connectivity index (χ2v) is 6.96. The number of epoxide rings is 2. The molecule has 17 heteroatoms. The molecule has 2 aliphatic heterocycles. The fourth-order valence-electron chi connectivity index (χ4n) is 2.47. The quantitative estimate of drug-likeness (QED) is 0.299. The molecule has 0 N–H and O–H groups in total. The minimum atomic E-state index is -7.23. The molecule has 2 fully saturated rings. The van der Waals surface area contributed by atoms with Gasteiger partial charge in [-0.2, -0.15) is 48.3 Å². The summed E-state index contributed by atoms with van der Waals surface area (Å²) in [7, 11) is 0. The second kappa shape index (κ2) is 9.31. The molecular weight excluding hydrogens is 488 g/mol. The van der Waals surface area contributed by atoms with Gasteiger partial charge in [0.05, 0.1) is 39.6 Å². The van der Waals surface area contributed by atoms with E-state index in [9.17, 15) is 52.7 Å². The molecule has 0 aromatic carbocycles. The minimum Gasteiger partial charge on any atom is -0.376 e. The molecule has 3 atom stereocenters. The van der Waals surface area contributed by atoms with Gasteiger partial charge in [-0.15, -0.1) is 0 Å². The third kappa shape index (κ3) is 6.74. The van der Waals surface area contributed by atoms with E-state index in [4.69, 9.17) is 9.47 Å². The summed E-state index contributed by atoms with van der Waals surface area (Å²) >= 11 is 0. The first kappa shape index (κ1) is 27.2. The van der Waals surface area contributed by atoms with E-state index >= 15 is 0 Å². The van der Waals surface area contributed by atoms with E-state index < -0.39 is 67.7 Å². The average molecular weight is 504 g/mol. The molecule has 3 unspecified atom stereocenters. The van der Waals surface area contributed by atoms with E-state index in [1.807, 2.05) is 0 Å². The van der Waals surface area contributed by atoms with Crippen LogP contribution in [-0.4, -0.2) is 88.3 Å². The highest BCUT2D eigenvalue weighted by Gasteiger charge is 2.84. The summed E-state index contributed by atoms with van der Waals surface area (Å²) in [6.45, 7) is -2.75. The Morgan fingerprint density at radius 2 is 1.06 bits per heavy atom. The number of alkyl halides is 12. The molecular formula is C15H16F12O5. The summed E-state index contributed by atoms with van der Waals surface area (Å²) in [5.74, 6) is -19.7. The Hall–Kier alpha value is -1.04. The normalized spacial score (nSPS) is 25.0. The maximum Gasteiger partial charge on any atom is 0.459 e. The Kier molecular flexibility index (Phi) is 7.91. The molecule has 0 radical (unpaired) electrons. The van der Waals surface area contributed by atoms with Gasteiger partial charge in [0.15, 0.2) is 0 Å². The number of hydrogen-bond acceptors (Lipinski definition) is 5. The van der Waals surface area contributed by atoms with Crippen LogP contribution in [-0.2, 0) is 23.7 Å². The van der Waals surface area contributed by atoms with Crippen LogP contribution in [0.1, 0.15) is 0 Å². The third-order valence-electron chi connectivity index (χ3n) is 4.17. The van der Waals surface area contributed by atoms with Gasteiger partial charge in [0.25, 0.3) is 0 Å². The van der Waals surface area contributed by atoms with Gasteiger partial charge in [-0.05, 0) is 0 Å². The van der Waals surface area contributed by atoms with E-state index in [0.29, 0.717) is 0 Å². The van der Waals surface area contributed by atoms with Crippen LogP contribution in [0.5, 0.6) is 0 Å². The Labute approximate surface area is 171 Å². The summed E-state index contributed by atoms with van der Waals surface area (Å²) in [6, 6.07) is 0. The van der Waals surface area contributed by atoms with Crippen LogP contribution in [0.4, 0.5) is 52.7 Å².